The third kappa shape index (κ3) is 2.10. The van der Waals surface area contributed by atoms with E-state index in [1.165, 1.54) is 7.11 Å². The standard InChI is InChI=1S/C13H12Cl2O5/c1-17-11(8-5-18-12(16)13(8,14)15)7-2-3-9-10(4-7)20-6-19-9/h2-4,8,11H,5-6H2,1H3/t8-,11+/m1/s1. The summed E-state index contributed by atoms with van der Waals surface area (Å²) in [4.78, 5) is 11.6. The highest BCUT2D eigenvalue weighted by Crippen LogP contribution is 2.46. The van der Waals surface area contributed by atoms with Crippen LogP contribution in [-0.4, -0.2) is 30.8 Å². The van der Waals surface area contributed by atoms with Gasteiger partial charge in [0.2, 0.25) is 11.1 Å². The van der Waals surface area contributed by atoms with Crippen LogP contribution in [0.4, 0.5) is 0 Å². The molecule has 1 fully saturated rings. The van der Waals surface area contributed by atoms with E-state index in [0.29, 0.717) is 11.5 Å². The van der Waals surface area contributed by atoms with Gasteiger partial charge in [0, 0.05) is 7.11 Å². The molecule has 20 heavy (non-hydrogen) atoms. The lowest BCUT2D eigenvalue weighted by atomic mass is 9.93. The van der Waals surface area contributed by atoms with Crippen LogP contribution in [0.3, 0.4) is 0 Å². The highest BCUT2D eigenvalue weighted by molar-refractivity contribution is 6.58. The van der Waals surface area contributed by atoms with Crippen molar-refractivity contribution in [3.05, 3.63) is 23.8 Å². The van der Waals surface area contributed by atoms with Crippen LogP contribution in [0.1, 0.15) is 11.7 Å². The predicted octanol–water partition coefficient (Wildman–Crippen LogP) is 2.45. The third-order valence-corrected chi connectivity index (χ3v) is 4.35. The fourth-order valence-corrected chi connectivity index (χ4v) is 2.88. The number of carbonyl (C=O) groups is 1. The van der Waals surface area contributed by atoms with E-state index >= 15 is 0 Å². The van der Waals surface area contributed by atoms with E-state index in [0.717, 1.165) is 5.56 Å². The summed E-state index contributed by atoms with van der Waals surface area (Å²) < 4.78 is 19.4. The van der Waals surface area contributed by atoms with Crippen LogP contribution in [0, 0.1) is 5.92 Å². The maximum absolute atomic E-state index is 11.6. The molecular formula is C13H12Cl2O5. The Hall–Kier alpha value is -1.17. The van der Waals surface area contributed by atoms with E-state index in [4.69, 9.17) is 42.1 Å². The van der Waals surface area contributed by atoms with E-state index in [-0.39, 0.29) is 13.4 Å². The number of ether oxygens (including phenoxy) is 4. The molecule has 0 radical (unpaired) electrons. The van der Waals surface area contributed by atoms with Gasteiger partial charge in [-0.1, -0.05) is 29.3 Å². The molecule has 0 N–H and O–H groups in total. The van der Waals surface area contributed by atoms with E-state index in [1.54, 1.807) is 12.1 Å². The lowest BCUT2D eigenvalue weighted by molar-refractivity contribution is -0.138. The van der Waals surface area contributed by atoms with E-state index in [1.807, 2.05) is 6.07 Å². The molecule has 1 aromatic carbocycles. The number of carbonyl (C=O) groups excluding carboxylic acids is 1. The molecule has 0 amide bonds. The maximum Gasteiger partial charge on any atom is 0.343 e. The second-order valence-electron chi connectivity index (χ2n) is 4.60. The normalized spacial score (nSPS) is 24.6. The Labute approximate surface area is 125 Å². The molecule has 0 saturated carbocycles. The van der Waals surface area contributed by atoms with Crippen LogP contribution in [0.15, 0.2) is 18.2 Å². The molecular weight excluding hydrogens is 307 g/mol. The SMILES string of the molecule is CO[C@@H](c1ccc2c(c1)OCO2)[C@H]1COC(=O)C1(Cl)Cl. The molecule has 5 nitrogen and oxygen atoms in total. The Morgan fingerprint density at radius 3 is 2.70 bits per heavy atom. The molecule has 108 valence electrons. The third-order valence-electron chi connectivity index (χ3n) is 3.48. The van der Waals surface area contributed by atoms with Crippen molar-refractivity contribution < 1.29 is 23.7 Å². The average molecular weight is 319 g/mol. The zero-order valence-corrected chi connectivity index (χ0v) is 12.1. The Bertz CT molecular complexity index is 546. The quantitative estimate of drug-likeness (QED) is 0.633. The summed E-state index contributed by atoms with van der Waals surface area (Å²) in [6.45, 7) is 0.301. The zero-order chi connectivity index (χ0) is 14.3. The van der Waals surface area contributed by atoms with Crippen LogP contribution in [0.5, 0.6) is 11.5 Å². The summed E-state index contributed by atoms with van der Waals surface area (Å²) in [5.74, 6) is 0.159. The van der Waals surface area contributed by atoms with Crippen molar-refractivity contribution in [1.29, 1.82) is 0 Å². The van der Waals surface area contributed by atoms with Gasteiger partial charge in [-0.2, -0.15) is 0 Å². The monoisotopic (exact) mass is 318 g/mol. The van der Waals surface area contributed by atoms with E-state index in [2.05, 4.69) is 0 Å². The van der Waals surface area contributed by atoms with Gasteiger partial charge < -0.3 is 18.9 Å². The van der Waals surface area contributed by atoms with Gasteiger partial charge in [-0.3, -0.25) is 0 Å². The van der Waals surface area contributed by atoms with Gasteiger partial charge in [-0.25, -0.2) is 4.79 Å². The summed E-state index contributed by atoms with van der Waals surface area (Å²) in [6.07, 6.45) is -0.481. The van der Waals surface area contributed by atoms with Crippen LogP contribution in [-0.2, 0) is 14.3 Å². The maximum atomic E-state index is 11.6. The first-order valence-corrected chi connectivity index (χ1v) is 6.77. The second-order valence-corrected chi connectivity index (χ2v) is 5.98. The lowest BCUT2D eigenvalue weighted by Crippen LogP contribution is -2.33. The Morgan fingerprint density at radius 1 is 1.30 bits per heavy atom. The smallest absolute Gasteiger partial charge is 0.343 e. The van der Waals surface area contributed by atoms with Gasteiger partial charge in [0.1, 0.15) is 6.61 Å². The number of alkyl halides is 2. The minimum atomic E-state index is -1.61. The molecule has 2 atom stereocenters. The molecule has 2 aliphatic heterocycles. The molecule has 7 heteroatoms. The Morgan fingerprint density at radius 2 is 2.05 bits per heavy atom. The second kappa shape index (κ2) is 4.98. The average Bonchev–Trinajstić information content (AvgIpc) is 2.98. The molecule has 0 bridgehead atoms. The minimum Gasteiger partial charge on any atom is -0.463 e. The van der Waals surface area contributed by atoms with Gasteiger partial charge >= 0.3 is 5.97 Å². The van der Waals surface area contributed by atoms with Gasteiger partial charge in [-0.05, 0) is 17.7 Å². The van der Waals surface area contributed by atoms with Crippen molar-refractivity contribution in [2.45, 2.75) is 10.4 Å². The van der Waals surface area contributed by atoms with Crippen molar-refractivity contribution in [3.8, 4) is 11.5 Å². The number of fused-ring (bicyclic) bond motifs is 1. The molecule has 0 aromatic heterocycles. The number of rotatable bonds is 3. The van der Waals surface area contributed by atoms with Gasteiger partial charge in [0.15, 0.2) is 11.5 Å². The van der Waals surface area contributed by atoms with Crippen molar-refractivity contribution in [3.63, 3.8) is 0 Å². The number of hydrogen-bond donors (Lipinski definition) is 0. The Kier molecular flexibility index (Phi) is 3.44. The lowest BCUT2D eigenvalue weighted by Gasteiger charge is -2.26. The first kappa shape index (κ1) is 13.8. The largest absolute Gasteiger partial charge is 0.463 e. The molecule has 2 aliphatic rings. The fourth-order valence-electron chi connectivity index (χ4n) is 2.42. The van der Waals surface area contributed by atoms with Crippen molar-refractivity contribution in [2.75, 3.05) is 20.5 Å². The van der Waals surface area contributed by atoms with Crippen LogP contribution < -0.4 is 9.47 Å². The summed E-state index contributed by atoms with van der Waals surface area (Å²) in [7, 11) is 1.53. The number of hydrogen-bond acceptors (Lipinski definition) is 5. The van der Waals surface area contributed by atoms with Gasteiger partial charge in [0.05, 0.1) is 12.0 Å². The first-order valence-electron chi connectivity index (χ1n) is 6.01. The highest BCUT2D eigenvalue weighted by atomic mass is 35.5. The van der Waals surface area contributed by atoms with Crippen LogP contribution >= 0.6 is 23.2 Å². The van der Waals surface area contributed by atoms with Crippen molar-refractivity contribution in [1.82, 2.24) is 0 Å². The molecule has 0 aliphatic carbocycles. The molecule has 2 heterocycles. The molecule has 1 saturated heterocycles. The number of esters is 1. The zero-order valence-electron chi connectivity index (χ0n) is 10.6. The molecule has 3 rings (SSSR count). The van der Waals surface area contributed by atoms with Gasteiger partial charge in [0.25, 0.3) is 0 Å². The number of benzene rings is 1. The molecule has 0 unspecified atom stereocenters. The van der Waals surface area contributed by atoms with Gasteiger partial charge in [-0.15, -0.1) is 0 Å². The van der Waals surface area contributed by atoms with Crippen molar-refractivity contribution in [2.24, 2.45) is 5.92 Å². The van der Waals surface area contributed by atoms with Crippen LogP contribution in [0.2, 0.25) is 0 Å². The van der Waals surface area contributed by atoms with Crippen LogP contribution in [0.25, 0.3) is 0 Å². The van der Waals surface area contributed by atoms with E-state index < -0.39 is 22.3 Å². The Balaban J connectivity index is 1.92. The number of cyclic esters (lactones) is 1. The summed E-state index contributed by atoms with van der Waals surface area (Å²) in [5.41, 5.74) is 0.797. The number of methoxy groups -OCH3 is 1. The van der Waals surface area contributed by atoms with Crippen molar-refractivity contribution >= 4 is 29.2 Å². The minimum absolute atomic E-state index is 0.110. The highest BCUT2D eigenvalue weighted by Gasteiger charge is 2.54. The summed E-state index contributed by atoms with van der Waals surface area (Å²) >= 11 is 12.2. The van der Waals surface area contributed by atoms with E-state index in [9.17, 15) is 4.79 Å². The molecule has 0 spiro atoms. The first-order chi connectivity index (χ1) is 9.54. The summed E-state index contributed by atoms with van der Waals surface area (Å²) in [6, 6.07) is 5.41. The number of halogens is 2. The summed E-state index contributed by atoms with van der Waals surface area (Å²) in [5, 5.41) is 0. The topological polar surface area (TPSA) is 54.0 Å². The predicted molar refractivity (Wildman–Crippen MR) is 71.2 cm³/mol. The molecule has 1 aromatic rings. The fraction of sp³-hybridized carbons (Fsp3) is 0.462.